The second-order valence-corrected chi connectivity index (χ2v) is 6.90. The summed E-state index contributed by atoms with van der Waals surface area (Å²) in [5.74, 6) is -1.30. The molecule has 2 amide bonds. The van der Waals surface area contributed by atoms with E-state index in [1.165, 1.54) is 7.11 Å². The van der Waals surface area contributed by atoms with Crippen LogP contribution < -0.4 is 10.6 Å². The Kier molecular flexibility index (Phi) is 6.81. The Morgan fingerprint density at radius 1 is 1.06 bits per heavy atom. The molecule has 0 fully saturated rings. The summed E-state index contributed by atoms with van der Waals surface area (Å²) < 4.78 is 6.26. The number of rotatable bonds is 7. The molecule has 0 saturated carbocycles. The van der Waals surface area contributed by atoms with Gasteiger partial charge in [-0.05, 0) is 43.7 Å². The smallest absolute Gasteiger partial charge is 0.325 e. The first-order valence-corrected chi connectivity index (χ1v) is 9.83. The Bertz CT molecular complexity index is 1100. The SMILES string of the molecule is CCc1c(C(=O)Nc2cccc(C(=O)NCC(=O)OC)c2)cnn1-c1ccc(C)cc1. The van der Waals surface area contributed by atoms with Crippen molar-refractivity contribution in [3.8, 4) is 5.69 Å². The number of esters is 1. The highest BCUT2D eigenvalue weighted by molar-refractivity contribution is 6.06. The molecule has 160 valence electrons. The van der Waals surface area contributed by atoms with Gasteiger partial charge in [0.2, 0.25) is 0 Å². The van der Waals surface area contributed by atoms with E-state index in [2.05, 4.69) is 20.5 Å². The van der Waals surface area contributed by atoms with Crippen LogP contribution in [0.3, 0.4) is 0 Å². The van der Waals surface area contributed by atoms with Gasteiger partial charge in [0.05, 0.1) is 30.3 Å². The molecule has 8 heteroatoms. The molecule has 1 aromatic heterocycles. The number of ether oxygens (including phenoxy) is 1. The number of carbonyl (C=O) groups is 3. The van der Waals surface area contributed by atoms with Gasteiger partial charge in [0.25, 0.3) is 11.8 Å². The molecule has 0 spiro atoms. The van der Waals surface area contributed by atoms with Gasteiger partial charge in [-0.25, -0.2) is 4.68 Å². The van der Waals surface area contributed by atoms with E-state index in [0.717, 1.165) is 16.9 Å². The molecule has 0 bridgehead atoms. The average molecular weight is 420 g/mol. The number of aromatic nitrogens is 2. The fraction of sp³-hybridized carbons (Fsp3) is 0.217. The van der Waals surface area contributed by atoms with Gasteiger partial charge in [0.1, 0.15) is 6.54 Å². The zero-order chi connectivity index (χ0) is 22.4. The highest BCUT2D eigenvalue weighted by atomic mass is 16.5. The van der Waals surface area contributed by atoms with Crippen molar-refractivity contribution in [1.82, 2.24) is 15.1 Å². The average Bonchev–Trinajstić information content (AvgIpc) is 3.22. The molecule has 3 aromatic rings. The van der Waals surface area contributed by atoms with Crippen LogP contribution in [0, 0.1) is 6.92 Å². The number of benzene rings is 2. The molecule has 0 atom stereocenters. The third-order valence-electron chi connectivity index (χ3n) is 4.73. The van der Waals surface area contributed by atoms with Crippen LogP contribution >= 0.6 is 0 Å². The minimum Gasteiger partial charge on any atom is -0.468 e. The fourth-order valence-corrected chi connectivity index (χ4v) is 3.08. The summed E-state index contributed by atoms with van der Waals surface area (Å²) >= 11 is 0. The number of nitrogens with zero attached hydrogens (tertiary/aromatic N) is 2. The van der Waals surface area contributed by atoms with Crippen LogP contribution in [0.1, 0.15) is 38.9 Å². The van der Waals surface area contributed by atoms with Crippen molar-refractivity contribution in [2.75, 3.05) is 19.0 Å². The number of amides is 2. The topological polar surface area (TPSA) is 102 Å². The van der Waals surface area contributed by atoms with Crippen molar-refractivity contribution in [3.05, 3.63) is 77.1 Å². The first kappa shape index (κ1) is 21.8. The molecule has 0 aliphatic rings. The van der Waals surface area contributed by atoms with Gasteiger partial charge in [0, 0.05) is 11.3 Å². The van der Waals surface area contributed by atoms with Crippen LogP contribution in [0.25, 0.3) is 5.69 Å². The number of nitrogens with one attached hydrogen (secondary N) is 2. The minimum absolute atomic E-state index is 0.232. The summed E-state index contributed by atoms with van der Waals surface area (Å²) in [6.45, 7) is 3.74. The summed E-state index contributed by atoms with van der Waals surface area (Å²) in [4.78, 5) is 36.3. The Hall–Kier alpha value is -3.94. The lowest BCUT2D eigenvalue weighted by Crippen LogP contribution is -2.30. The highest BCUT2D eigenvalue weighted by Gasteiger charge is 2.18. The third kappa shape index (κ3) is 5.16. The molecule has 2 aromatic carbocycles. The van der Waals surface area contributed by atoms with Gasteiger partial charge < -0.3 is 15.4 Å². The fourth-order valence-electron chi connectivity index (χ4n) is 3.08. The van der Waals surface area contributed by atoms with Gasteiger partial charge >= 0.3 is 5.97 Å². The van der Waals surface area contributed by atoms with Gasteiger partial charge in [-0.15, -0.1) is 0 Å². The van der Waals surface area contributed by atoms with Crippen molar-refractivity contribution < 1.29 is 19.1 Å². The Balaban J connectivity index is 1.77. The summed E-state index contributed by atoms with van der Waals surface area (Å²) in [7, 11) is 1.25. The van der Waals surface area contributed by atoms with Crippen LogP contribution in [0.15, 0.2) is 54.7 Å². The van der Waals surface area contributed by atoms with Crippen LogP contribution in [0.4, 0.5) is 5.69 Å². The number of hydrogen-bond acceptors (Lipinski definition) is 5. The molecule has 2 N–H and O–H groups in total. The Morgan fingerprint density at radius 3 is 2.48 bits per heavy atom. The molecule has 8 nitrogen and oxygen atoms in total. The van der Waals surface area contributed by atoms with E-state index in [4.69, 9.17) is 0 Å². The van der Waals surface area contributed by atoms with E-state index >= 15 is 0 Å². The largest absolute Gasteiger partial charge is 0.468 e. The van der Waals surface area contributed by atoms with E-state index in [9.17, 15) is 14.4 Å². The van der Waals surface area contributed by atoms with Gasteiger partial charge in [0.15, 0.2) is 0 Å². The zero-order valence-electron chi connectivity index (χ0n) is 17.6. The van der Waals surface area contributed by atoms with Crippen molar-refractivity contribution in [3.63, 3.8) is 0 Å². The summed E-state index contributed by atoms with van der Waals surface area (Å²) in [6, 6.07) is 14.4. The predicted molar refractivity (Wildman–Crippen MR) is 116 cm³/mol. The van der Waals surface area contributed by atoms with E-state index in [-0.39, 0.29) is 12.5 Å². The van der Waals surface area contributed by atoms with Crippen LogP contribution in [-0.4, -0.2) is 41.2 Å². The maximum atomic E-state index is 12.9. The van der Waals surface area contributed by atoms with Crippen LogP contribution in [0.5, 0.6) is 0 Å². The molecule has 3 rings (SSSR count). The van der Waals surface area contributed by atoms with E-state index in [0.29, 0.717) is 23.2 Å². The Morgan fingerprint density at radius 2 is 1.81 bits per heavy atom. The van der Waals surface area contributed by atoms with Crippen LogP contribution in [0.2, 0.25) is 0 Å². The second kappa shape index (κ2) is 9.71. The van der Waals surface area contributed by atoms with Crippen LogP contribution in [-0.2, 0) is 16.0 Å². The quantitative estimate of drug-likeness (QED) is 0.572. The maximum absolute atomic E-state index is 12.9. The molecule has 0 unspecified atom stereocenters. The van der Waals surface area contributed by atoms with Crippen molar-refractivity contribution in [2.45, 2.75) is 20.3 Å². The number of carbonyl (C=O) groups excluding carboxylic acids is 3. The molecule has 31 heavy (non-hydrogen) atoms. The normalized spacial score (nSPS) is 10.4. The highest BCUT2D eigenvalue weighted by Crippen LogP contribution is 2.19. The molecule has 0 saturated heterocycles. The molecule has 1 heterocycles. The summed E-state index contributed by atoms with van der Waals surface area (Å²) in [5, 5.41) is 9.67. The lowest BCUT2D eigenvalue weighted by atomic mass is 10.1. The number of methoxy groups -OCH3 is 1. The molecule has 0 radical (unpaired) electrons. The van der Waals surface area contributed by atoms with Crippen molar-refractivity contribution in [1.29, 1.82) is 0 Å². The first-order chi connectivity index (χ1) is 14.9. The Labute approximate surface area is 180 Å². The first-order valence-electron chi connectivity index (χ1n) is 9.83. The lowest BCUT2D eigenvalue weighted by molar-refractivity contribution is -0.139. The van der Waals surface area contributed by atoms with E-state index in [1.807, 2.05) is 38.1 Å². The molecular formula is C23H24N4O4. The van der Waals surface area contributed by atoms with E-state index < -0.39 is 11.9 Å². The molecular weight excluding hydrogens is 396 g/mol. The number of hydrogen-bond donors (Lipinski definition) is 2. The van der Waals surface area contributed by atoms with Crippen molar-refractivity contribution in [2.24, 2.45) is 0 Å². The van der Waals surface area contributed by atoms with Gasteiger partial charge in [-0.2, -0.15) is 5.10 Å². The summed E-state index contributed by atoms with van der Waals surface area (Å²) in [6.07, 6.45) is 2.16. The predicted octanol–water partition coefficient (Wildman–Crippen LogP) is 2.90. The number of anilines is 1. The van der Waals surface area contributed by atoms with Gasteiger partial charge in [-0.1, -0.05) is 30.7 Å². The minimum atomic E-state index is -0.546. The molecule has 0 aliphatic carbocycles. The second-order valence-electron chi connectivity index (χ2n) is 6.90. The number of aryl methyl sites for hydroxylation is 1. The van der Waals surface area contributed by atoms with Crippen molar-refractivity contribution >= 4 is 23.5 Å². The third-order valence-corrected chi connectivity index (χ3v) is 4.73. The lowest BCUT2D eigenvalue weighted by Gasteiger charge is -2.10. The monoisotopic (exact) mass is 420 g/mol. The summed E-state index contributed by atoms with van der Waals surface area (Å²) in [5.41, 5.74) is 4.04. The molecule has 0 aliphatic heterocycles. The van der Waals surface area contributed by atoms with E-state index in [1.54, 1.807) is 35.1 Å². The van der Waals surface area contributed by atoms with Gasteiger partial charge in [-0.3, -0.25) is 14.4 Å². The zero-order valence-corrected chi connectivity index (χ0v) is 17.6. The standard InChI is InChI=1S/C23H24N4O4/c1-4-20-19(13-25-27(20)18-10-8-15(2)9-11-18)23(30)26-17-7-5-6-16(12-17)22(29)24-14-21(28)31-3/h5-13H,4,14H2,1-3H3,(H,24,29)(H,26,30). The maximum Gasteiger partial charge on any atom is 0.325 e.